The van der Waals surface area contributed by atoms with Crippen molar-refractivity contribution < 1.29 is 4.39 Å². The summed E-state index contributed by atoms with van der Waals surface area (Å²) in [6, 6.07) is 20.3. The molecule has 0 N–H and O–H groups in total. The van der Waals surface area contributed by atoms with Gasteiger partial charge < -0.3 is 4.57 Å². The van der Waals surface area contributed by atoms with E-state index >= 15 is 0 Å². The minimum absolute atomic E-state index is 0.299. The van der Waals surface area contributed by atoms with E-state index in [4.69, 9.17) is 0 Å². The van der Waals surface area contributed by atoms with E-state index in [2.05, 4.69) is 6.07 Å². The van der Waals surface area contributed by atoms with Gasteiger partial charge >= 0.3 is 0 Å². The maximum Gasteiger partial charge on any atom is 0.147 e. The number of hydrogen-bond acceptors (Lipinski definition) is 1. The molecule has 0 radical (unpaired) electrons. The summed E-state index contributed by atoms with van der Waals surface area (Å²) in [7, 11) is 0. The lowest BCUT2D eigenvalue weighted by atomic mass is 10.0. The highest BCUT2D eigenvalue weighted by Gasteiger charge is 2.08. The Morgan fingerprint density at radius 1 is 1.04 bits per heavy atom. The number of benzene rings is 2. The van der Waals surface area contributed by atoms with Gasteiger partial charge in [-0.2, -0.15) is 5.26 Å². The number of nitrogens with zero attached hydrogens (tertiary/aromatic N) is 2. The standard InChI is InChI=1S/C20H15FN2/c1-15-8-10-16(11-9-15)17(14-22)13-18-5-4-12-23(18)20-7-3-2-6-19(20)21/h2-13H,1H3/b17-13-. The van der Waals surface area contributed by atoms with Crippen molar-refractivity contribution in [3.63, 3.8) is 0 Å². The molecule has 3 heteroatoms. The van der Waals surface area contributed by atoms with Gasteiger partial charge in [0.05, 0.1) is 17.3 Å². The summed E-state index contributed by atoms with van der Waals surface area (Å²) < 4.78 is 15.7. The molecule has 0 aliphatic rings. The van der Waals surface area contributed by atoms with Crippen molar-refractivity contribution in [3.8, 4) is 11.8 Å². The highest BCUT2D eigenvalue weighted by atomic mass is 19.1. The maximum absolute atomic E-state index is 14.0. The minimum Gasteiger partial charge on any atom is -0.314 e. The summed E-state index contributed by atoms with van der Waals surface area (Å²) in [4.78, 5) is 0. The predicted molar refractivity (Wildman–Crippen MR) is 90.4 cm³/mol. The fourth-order valence-electron chi connectivity index (χ4n) is 2.44. The first-order chi connectivity index (χ1) is 11.2. The van der Waals surface area contributed by atoms with Crippen LogP contribution in [0.1, 0.15) is 16.8 Å². The molecular weight excluding hydrogens is 287 g/mol. The van der Waals surface area contributed by atoms with Crippen LogP contribution >= 0.6 is 0 Å². The van der Waals surface area contributed by atoms with Crippen LogP contribution in [0.3, 0.4) is 0 Å². The number of para-hydroxylation sites is 1. The first kappa shape index (κ1) is 14.8. The molecule has 1 heterocycles. The largest absolute Gasteiger partial charge is 0.314 e. The number of hydrogen-bond donors (Lipinski definition) is 0. The van der Waals surface area contributed by atoms with E-state index in [-0.39, 0.29) is 5.82 Å². The summed E-state index contributed by atoms with van der Waals surface area (Å²) in [5.41, 5.74) is 3.75. The highest BCUT2D eigenvalue weighted by Crippen LogP contribution is 2.22. The molecule has 0 bridgehead atoms. The van der Waals surface area contributed by atoms with Crippen LogP contribution in [0.25, 0.3) is 17.3 Å². The zero-order valence-electron chi connectivity index (χ0n) is 12.7. The van der Waals surface area contributed by atoms with E-state index < -0.39 is 0 Å². The number of halogens is 1. The third kappa shape index (κ3) is 3.07. The minimum atomic E-state index is -0.299. The second-order valence-electron chi connectivity index (χ2n) is 5.29. The Labute approximate surface area is 134 Å². The van der Waals surface area contributed by atoms with Crippen LogP contribution < -0.4 is 0 Å². The van der Waals surface area contributed by atoms with Crippen molar-refractivity contribution in [2.75, 3.05) is 0 Å². The maximum atomic E-state index is 14.0. The smallest absolute Gasteiger partial charge is 0.147 e. The summed E-state index contributed by atoms with van der Waals surface area (Å²) in [5.74, 6) is -0.299. The topological polar surface area (TPSA) is 28.7 Å². The van der Waals surface area contributed by atoms with Crippen LogP contribution in [0.15, 0.2) is 66.9 Å². The Hall–Kier alpha value is -3.12. The van der Waals surface area contributed by atoms with Crippen LogP contribution in [-0.2, 0) is 0 Å². The number of aromatic nitrogens is 1. The monoisotopic (exact) mass is 302 g/mol. The molecule has 0 spiro atoms. The van der Waals surface area contributed by atoms with Crippen molar-refractivity contribution >= 4 is 11.6 Å². The van der Waals surface area contributed by atoms with E-state index in [1.165, 1.54) is 6.07 Å². The van der Waals surface area contributed by atoms with Gasteiger partial charge in [-0.1, -0.05) is 42.0 Å². The van der Waals surface area contributed by atoms with Gasteiger partial charge in [-0.05, 0) is 42.8 Å². The average molecular weight is 302 g/mol. The second kappa shape index (κ2) is 6.33. The summed E-state index contributed by atoms with van der Waals surface area (Å²) in [6.07, 6.45) is 3.56. The van der Waals surface area contributed by atoms with Gasteiger partial charge in [0.1, 0.15) is 5.82 Å². The Balaban J connectivity index is 2.06. The molecule has 2 aromatic carbocycles. The van der Waals surface area contributed by atoms with E-state index in [0.717, 1.165) is 16.8 Å². The first-order valence-corrected chi connectivity index (χ1v) is 7.30. The summed E-state index contributed by atoms with van der Waals surface area (Å²) in [5, 5.41) is 9.46. The van der Waals surface area contributed by atoms with Gasteiger partial charge in [-0.3, -0.25) is 0 Å². The molecule has 0 unspecified atom stereocenters. The fraction of sp³-hybridized carbons (Fsp3) is 0.0500. The Morgan fingerprint density at radius 3 is 2.48 bits per heavy atom. The van der Waals surface area contributed by atoms with Crippen LogP contribution in [0.4, 0.5) is 4.39 Å². The van der Waals surface area contributed by atoms with Gasteiger partial charge in [-0.15, -0.1) is 0 Å². The molecule has 0 fully saturated rings. The molecular formula is C20H15FN2. The molecule has 3 aromatic rings. The molecule has 1 aromatic heterocycles. The Kier molecular flexibility index (Phi) is 4.07. The third-order valence-corrected chi connectivity index (χ3v) is 3.67. The lowest BCUT2D eigenvalue weighted by Crippen LogP contribution is -1.98. The van der Waals surface area contributed by atoms with Gasteiger partial charge in [0, 0.05) is 11.9 Å². The van der Waals surface area contributed by atoms with E-state index in [0.29, 0.717) is 11.3 Å². The van der Waals surface area contributed by atoms with Gasteiger partial charge in [0.15, 0.2) is 0 Å². The number of aryl methyl sites for hydroxylation is 1. The molecule has 3 rings (SSSR count). The van der Waals surface area contributed by atoms with Gasteiger partial charge in [0.25, 0.3) is 0 Å². The van der Waals surface area contributed by atoms with Crippen LogP contribution in [-0.4, -0.2) is 4.57 Å². The molecule has 0 saturated carbocycles. The molecule has 0 atom stereocenters. The molecule has 2 nitrogen and oxygen atoms in total. The van der Waals surface area contributed by atoms with Crippen molar-refractivity contribution in [1.29, 1.82) is 5.26 Å². The lowest BCUT2D eigenvalue weighted by Gasteiger charge is -2.08. The zero-order valence-corrected chi connectivity index (χ0v) is 12.7. The molecule has 23 heavy (non-hydrogen) atoms. The highest BCUT2D eigenvalue weighted by molar-refractivity contribution is 5.89. The number of nitriles is 1. The molecule has 0 aliphatic carbocycles. The van der Waals surface area contributed by atoms with Crippen LogP contribution in [0.2, 0.25) is 0 Å². The quantitative estimate of drug-likeness (QED) is 0.627. The van der Waals surface area contributed by atoms with Crippen molar-refractivity contribution in [1.82, 2.24) is 4.57 Å². The Bertz CT molecular complexity index is 896. The molecule has 0 saturated heterocycles. The predicted octanol–water partition coefficient (Wildman–Crippen LogP) is 4.99. The second-order valence-corrected chi connectivity index (χ2v) is 5.29. The first-order valence-electron chi connectivity index (χ1n) is 7.30. The summed E-state index contributed by atoms with van der Waals surface area (Å²) >= 11 is 0. The van der Waals surface area contributed by atoms with Gasteiger partial charge in [-0.25, -0.2) is 4.39 Å². The molecule has 0 amide bonds. The number of rotatable bonds is 3. The fourth-order valence-corrected chi connectivity index (χ4v) is 2.44. The third-order valence-electron chi connectivity index (χ3n) is 3.67. The average Bonchev–Trinajstić information content (AvgIpc) is 3.02. The lowest BCUT2D eigenvalue weighted by molar-refractivity contribution is 0.618. The van der Waals surface area contributed by atoms with Gasteiger partial charge in [0.2, 0.25) is 0 Å². The Morgan fingerprint density at radius 2 is 1.78 bits per heavy atom. The van der Waals surface area contributed by atoms with Crippen LogP contribution in [0.5, 0.6) is 0 Å². The van der Waals surface area contributed by atoms with Crippen molar-refractivity contribution in [2.24, 2.45) is 0 Å². The zero-order chi connectivity index (χ0) is 16.2. The van der Waals surface area contributed by atoms with E-state index in [1.54, 1.807) is 35.0 Å². The molecule has 112 valence electrons. The normalized spacial score (nSPS) is 11.3. The van der Waals surface area contributed by atoms with Crippen LogP contribution in [0, 0.1) is 24.1 Å². The van der Waals surface area contributed by atoms with Crippen molar-refractivity contribution in [3.05, 3.63) is 89.5 Å². The van der Waals surface area contributed by atoms with Crippen molar-refractivity contribution in [2.45, 2.75) is 6.92 Å². The molecule has 0 aliphatic heterocycles. The summed E-state index contributed by atoms with van der Waals surface area (Å²) in [6.45, 7) is 2.00. The number of allylic oxidation sites excluding steroid dienone is 1. The van der Waals surface area contributed by atoms with E-state index in [9.17, 15) is 9.65 Å². The SMILES string of the molecule is Cc1ccc(/C(C#N)=C\c2cccn2-c2ccccc2F)cc1. The van der Waals surface area contributed by atoms with E-state index in [1.807, 2.05) is 43.3 Å².